The predicted octanol–water partition coefficient (Wildman–Crippen LogP) is 4.77. The summed E-state index contributed by atoms with van der Waals surface area (Å²) in [6.07, 6.45) is 1.81. The lowest BCUT2D eigenvalue weighted by atomic mass is 9.78. The van der Waals surface area contributed by atoms with Gasteiger partial charge in [0.25, 0.3) is 11.8 Å². The van der Waals surface area contributed by atoms with Crippen LogP contribution in [0.25, 0.3) is 0 Å². The molecule has 13 heteroatoms. The summed E-state index contributed by atoms with van der Waals surface area (Å²) < 4.78 is 12.3. The quantitative estimate of drug-likeness (QED) is 0.218. The number of fused-ring (bicyclic) bond motifs is 1. The number of carbonyl (C=O) groups excluding carboxylic acids is 4. The van der Waals surface area contributed by atoms with E-state index in [9.17, 15) is 19.2 Å². The zero-order valence-electron chi connectivity index (χ0n) is 30.6. The fourth-order valence-electron chi connectivity index (χ4n) is 7.52. The number of piperazine rings is 1. The molecule has 3 aliphatic heterocycles. The highest BCUT2D eigenvalue weighted by atomic mass is 16.5. The van der Waals surface area contributed by atoms with Gasteiger partial charge in [0, 0.05) is 68.7 Å². The first-order chi connectivity index (χ1) is 26.0. The molecule has 4 heterocycles. The molecule has 3 aromatic carbocycles. The van der Waals surface area contributed by atoms with Crippen molar-refractivity contribution in [3.8, 4) is 17.4 Å². The molecule has 4 aliphatic rings. The van der Waals surface area contributed by atoms with Crippen LogP contribution in [0.15, 0.2) is 78.9 Å². The average molecular weight is 730 g/mol. The van der Waals surface area contributed by atoms with Crippen LogP contribution < -0.4 is 25.0 Å². The van der Waals surface area contributed by atoms with Crippen LogP contribution in [0.4, 0.5) is 11.5 Å². The highest BCUT2D eigenvalue weighted by molar-refractivity contribution is 6.23. The standard InChI is InChI=1S/C41H43N7O6/c1-41(2,26-6-11-30(12-7-26)54-37-17-15-35(44-45-37)47-20-18-46(3)19-21-47)25-4-9-29(10-5-25)53-31-22-28(23-31)42-27-8-13-32-33(24-27)40(52)48(39(32)51)34-14-16-36(49)43-38(34)50/h4-13,15,17,24,28,31,34,42H,14,16,18-23H2,1-3H3,(H,43,49,50)/t28-,31-,34?. The molecule has 54 heavy (non-hydrogen) atoms. The van der Waals surface area contributed by atoms with Gasteiger partial charge >= 0.3 is 0 Å². The van der Waals surface area contributed by atoms with Crippen LogP contribution in [0.3, 0.4) is 0 Å². The van der Waals surface area contributed by atoms with E-state index >= 15 is 0 Å². The Morgan fingerprint density at radius 1 is 0.778 bits per heavy atom. The van der Waals surface area contributed by atoms with Crippen molar-refractivity contribution in [3.63, 3.8) is 0 Å². The third-order valence-electron chi connectivity index (χ3n) is 11.0. The number of nitrogens with one attached hydrogen (secondary N) is 2. The van der Waals surface area contributed by atoms with Gasteiger partial charge in [-0.3, -0.25) is 29.4 Å². The van der Waals surface area contributed by atoms with Crippen molar-refractivity contribution >= 4 is 35.1 Å². The third-order valence-corrected chi connectivity index (χ3v) is 11.0. The molecule has 4 aromatic rings. The molecule has 2 N–H and O–H groups in total. The first kappa shape index (κ1) is 35.2. The largest absolute Gasteiger partial charge is 0.490 e. The van der Waals surface area contributed by atoms with Crippen LogP contribution in [0.5, 0.6) is 17.4 Å². The van der Waals surface area contributed by atoms with Gasteiger partial charge in [-0.2, -0.15) is 0 Å². The van der Waals surface area contributed by atoms with Crippen LogP contribution in [0.2, 0.25) is 0 Å². The number of imide groups is 2. The predicted molar refractivity (Wildman–Crippen MR) is 201 cm³/mol. The zero-order valence-corrected chi connectivity index (χ0v) is 30.6. The molecule has 1 aromatic heterocycles. The molecule has 4 amide bonds. The second kappa shape index (κ2) is 14.2. The van der Waals surface area contributed by atoms with E-state index in [1.54, 1.807) is 18.2 Å². The van der Waals surface area contributed by atoms with E-state index in [0.717, 1.165) is 72.3 Å². The molecule has 0 spiro atoms. The van der Waals surface area contributed by atoms with Gasteiger partial charge in [0.15, 0.2) is 5.82 Å². The smallest absolute Gasteiger partial charge is 0.262 e. The summed E-state index contributed by atoms with van der Waals surface area (Å²) in [5.74, 6) is 0.775. The highest BCUT2D eigenvalue weighted by Gasteiger charge is 2.45. The van der Waals surface area contributed by atoms with Gasteiger partial charge < -0.3 is 24.6 Å². The summed E-state index contributed by atoms with van der Waals surface area (Å²) in [5.41, 5.74) is 3.28. The number of nitrogens with zero attached hydrogens (tertiary/aromatic N) is 5. The lowest BCUT2D eigenvalue weighted by molar-refractivity contribution is -0.136. The number of likely N-dealkylation sites (N-methyl/N-ethyl adjacent to an activating group) is 1. The maximum atomic E-state index is 13.2. The second-order valence-electron chi connectivity index (χ2n) is 15.1. The molecule has 278 valence electrons. The van der Waals surface area contributed by atoms with Gasteiger partial charge in [-0.1, -0.05) is 38.1 Å². The first-order valence-electron chi connectivity index (χ1n) is 18.5. The first-order valence-corrected chi connectivity index (χ1v) is 18.5. The molecular weight excluding hydrogens is 686 g/mol. The van der Waals surface area contributed by atoms with Crippen molar-refractivity contribution in [1.29, 1.82) is 0 Å². The average Bonchev–Trinajstić information content (AvgIpc) is 3.40. The van der Waals surface area contributed by atoms with E-state index in [0.29, 0.717) is 11.6 Å². The van der Waals surface area contributed by atoms with Crippen LogP contribution in [0.1, 0.15) is 71.4 Å². The fraction of sp³-hybridized carbons (Fsp3) is 0.366. The van der Waals surface area contributed by atoms with E-state index in [4.69, 9.17) is 9.47 Å². The van der Waals surface area contributed by atoms with Crippen molar-refractivity contribution in [2.45, 2.75) is 63.1 Å². The number of amides is 4. The van der Waals surface area contributed by atoms with E-state index in [1.807, 2.05) is 36.4 Å². The lowest BCUT2D eigenvalue weighted by Gasteiger charge is -2.36. The molecule has 1 aliphatic carbocycles. The van der Waals surface area contributed by atoms with Gasteiger partial charge in [-0.25, -0.2) is 0 Å². The number of piperidine rings is 1. The maximum Gasteiger partial charge on any atom is 0.262 e. The van der Waals surface area contributed by atoms with Gasteiger partial charge in [0.05, 0.1) is 11.1 Å². The van der Waals surface area contributed by atoms with Crippen molar-refractivity contribution in [2.75, 3.05) is 43.4 Å². The fourth-order valence-corrected chi connectivity index (χ4v) is 7.52. The van der Waals surface area contributed by atoms with E-state index in [-0.39, 0.29) is 41.5 Å². The minimum absolute atomic E-state index is 0.0437. The molecule has 2 saturated heterocycles. The number of anilines is 2. The number of carbonyl (C=O) groups is 4. The molecule has 13 nitrogen and oxygen atoms in total. The van der Waals surface area contributed by atoms with Crippen molar-refractivity contribution < 1.29 is 28.7 Å². The lowest BCUT2D eigenvalue weighted by Crippen LogP contribution is -2.54. The Hall–Kier alpha value is -5.82. The van der Waals surface area contributed by atoms with Crippen molar-refractivity contribution in [2.24, 2.45) is 0 Å². The Labute approximate surface area is 313 Å². The molecule has 1 saturated carbocycles. The number of aromatic nitrogens is 2. The van der Waals surface area contributed by atoms with Crippen LogP contribution in [0, 0.1) is 0 Å². The molecular formula is C41H43N7O6. The van der Waals surface area contributed by atoms with E-state index < -0.39 is 29.7 Å². The SMILES string of the molecule is CN1CCN(c2ccc(Oc3ccc(C(C)(C)c4ccc(O[C@H]5C[C@H](Nc6ccc7c(c6)C(=O)N(C6CCC(=O)NC6=O)C7=O)C5)cc4)cc3)nn2)CC1. The zero-order chi connectivity index (χ0) is 37.6. The Morgan fingerprint density at radius 2 is 1.44 bits per heavy atom. The summed E-state index contributed by atoms with van der Waals surface area (Å²) in [7, 11) is 2.13. The van der Waals surface area contributed by atoms with Gasteiger partial charge in [-0.15, -0.1) is 10.2 Å². The summed E-state index contributed by atoms with van der Waals surface area (Å²) >= 11 is 0. The van der Waals surface area contributed by atoms with Crippen LogP contribution in [-0.4, -0.2) is 95.0 Å². The topological polar surface area (TPSA) is 146 Å². The third kappa shape index (κ3) is 6.98. The van der Waals surface area contributed by atoms with E-state index in [2.05, 4.69) is 75.8 Å². The Kier molecular flexibility index (Phi) is 9.26. The van der Waals surface area contributed by atoms with Crippen LogP contribution in [-0.2, 0) is 15.0 Å². The monoisotopic (exact) mass is 729 g/mol. The summed E-state index contributed by atoms with van der Waals surface area (Å²) in [6, 6.07) is 24.4. The summed E-state index contributed by atoms with van der Waals surface area (Å²) in [4.78, 5) is 55.7. The van der Waals surface area contributed by atoms with E-state index in [1.165, 1.54) is 0 Å². The Bertz CT molecular complexity index is 2070. The van der Waals surface area contributed by atoms with Gasteiger partial charge in [-0.05, 0) is 73.1 Å². The summed E-state index contributed by atoms with van der Waals surface area (Å²) in [6.45, 7) is 8.27. The van der Waals surface area contributed by atoms with Crippen molar-refractivity contribution in [1.82, 2.24) is 25.3 Å². The van der Waals surface area contributed by atoms with Crippen LogP contribution >= 0.6 is 0 Å². The minimum atomic E-state index is -0.985. The summed E-state index contributed by atoms with van der Waals surface area (Å²) in [5, 5.41) is 14.4. The number of benzene rings is 3. The molecule has 0 radical (unpaired) electrons. The Balaban J connectivity index is 0.818. The molecule has 3 fully saturated rings. The normalized spacial score (nSPS) is 21.7. The Morgan fingerprint density at radius 3 is 2.09 bits per heavy atom. The van der Waals surface area contributed by atoms with Gasteiger partial charge in [0.1, 0.15) is 23.6 Å². The highest BCUT2D eigenvalue weighted by Crippen LogP contribution is 2.36. The number of ether oxygens (including phenoxy) is 2. The number of hydrogen-bond acceptors (Lipinski definition) is 11. The molecule has 1 unspecified atom stereocenters. The maximum absolute atomic E-state index is 13.2. The van der Waals surface area contributed by atoms with Gasteiger partial charge in [0.2, 0.25) is 17.7 Å². The molecule has 8 rings (SSSR count). The van der Waals surface area contributed by atoms with Crippen molar-refractivity contribution in [3.05, 3.63) is 101 Å². The number of rotatable bonds is 10. The minimum Gasteiger partial charge on any atom is -0.490 e. The number of hydrogen-bond donors (Lipinski definition) is 2. The second-order valence-corrected chi connectivity index (χ2v) is 15.1. The molecule has 0 bridgehead atoms. The molecule has 1 atom stereocenters.